The third-order valence-electron chi connectivity index (χ3n) is 3.97. The lowest BCUT2D eigenvalue weighted by molar-refractivity contribution is -0.118. The Balaban J connectivity index is 1.85. The van der Waals surface area contributed by atoms with Crippen LogP contribution in [-0.2, 0) is 11.3 Å². The van der Waals surface area contributed by atoms with E-state index in [-0.39, 0.29) is 29.6 Å². The summed E-state index contributed by atoms with van der Waals surface area (Å²) in [7, 11) is 0. The highest BCUT2D eigenvalue weighted by atomic mass is 32.2. The maximum atomic E-state index is 13.2. The second kappa shape index (κ2) is 9.14. The van der Waals surface area contributed by atoms with Crippen LogP contribution >= 0.6 is 23.1 Å². The molecule has 0 aliphatic rings. The van der Waals surface area contributed by atoms with Crippen molar-refractivity contribution in [3.05, 3.63) is 57.4 Å². The first-order valence-corrected chi connectivity index (χ1v) is 10.6. The van der Waals surface area contributed by atoms with E-state index >= 15 is 0 Å². The fraction of sp³-hybridized carbons (Fsp3) is 0.316. The van der Waals surface area contributed by atoms with Crippen LogP contribution in [0.4, 0.5) is 4.39 Å². The Morgan fingerprint density at radius 2 is 2.07 bits per heavy atom. The molecule has 3 aromatic rings. The van der Waals surface area contributed by atoms with Crippen LogP contribution in [0.15, 0.2) is 45.7 Å². The summed E-state index contributed by atoms with van der Waals surface area (Å²) in [6, 6.07) is 7.82. The molecule has 1 N–H and O–H groups in total. The highest BCUT2D eigenvalue weighted by Crippen LogP contribution is 2.21. The molecule has 0 fully saturated rings. The Kier molecular flexibility index (Phi) is 6.63. The van der Waals surface area contributed by atoms with Crippen LogP contribution in [-0.4, -0.2) is 27.8 Å². The molecule has 1 amide bonds. The van der Waals surface area contributed by atoms with Gasteiger partial charge in [-0.1, -0.05) is 37.2 Å². The Hall–Kier alpha value is -2.19. The zero-order valence-electron chi connectivity index (χ0n) is 14.9. The van der Waals surface area contributed by atoms with E-state index in [1.165, 1.54) is 35.2 Å². The molecule has 0 radical (unpaired) electrons. The van der Waals surface area contributed by atoms with Gasteiger partial charge in [-0.05, 0) is 35.6 Å². The lowest BCUT2D eigenvalue weighted by Gasteiger charge is -2.12. The van der Waals surface area contributed by atoms with E-state index in [2.05, 4.69) is 17.2 Å². The summed E-state index contributed by atoms with van der Waals surface area (Å²) in [5, 5.41) is 5.17. The third-order valence-corrected chi connectivity index (χ3v) is 5.84. The quantitative estimate of drug-likeness (QED) is 0.353. The first kappa shape index (κ1) is 19.6. The second-order valence-corrected chi connectivity index (χ2v) is 7.90. The Morgan fingerprint density at radius 3 is 2.81 bits per heavy atom. The van der Waals surface area contributed by atoms with Gasteiger partial charge in [0.15, 0.2) is 5.16 Å². The minimum absolute atomic E-state index is 0.0820. The summed E-state index contributed by atoms with van der Waals surface area (Å²) < 4.78 is 15.3. The largest absolute Gasteiger partial charge is 0.355 e. The number of fused-ring (bicyclic) bond motifs is 1. The molecular weight excluding hydrogens is 385 g/mol. The topological polar surface area (TPSA) is 64.0 Å². The van der Waals surface area contributed by atoms with Crippen LogP contribution in [0.2, 0.25) is 0 Å². The summed E-state index contributed by atoms with van der Waals surface area (Å²) in [5.41, 5.74) is 1.29. The fourth-order valence-electron chi connectivity index (χ4n) is 2.53. The van der Waals surface area contributed by atoms with E-state index < -0.39 is 0 Å². The number of amides is 1. The van der Waals surface area contributed by atoms with Crippen molar-refractivity contribution >= 4 is 39.2 Å². The van der Waals surface area contributed by atoms with Crippen molar-refractivity contribution in [2.24, 2.45) is 0 Å². The Bertz CT molecular complexity index is 983. The van der Waals surface area contributed by atoms with Gasteiger partial charge in [0.2, 0.25) is 5.91 Å². The monoisotopic (exact) mass is 405 g/mol. The van der Waals surface area contributed by atoms with E-state index in [1.54, 1.807) is 22.8 Å². The number of unbranched alkanes of at least 4 members (excludes halogenated alkanes) is 1. The van der Waals surface area contributed by atoms with Gasteiger partial charge in [0, 0.05) is 6.54 Å². The Morgan fingerprint density at radius 1 is 1.30 bits per heavy atom. The molecule has 1 aromatic carbocycles. The number of benzene rings is 1. The van der Waals surface area contributed by atoms with Crippen LogP contribution in [0, 0.1) is 5.82 Å². The van der Waals surface area contributed by atoms with Crippen molar-refractivity contribution in [2.45, 2.75) is 31.5 Å². The zero-order valence-corrected chi connectivity index (χ0v) is 16.5. The van der Waals surface area contributed by atoms with Gasteiger partial charge < -0.3 is 5.32 Å². The molecule has 142 valence electrons. The van der Waals surface area contributed by atoms with Crippen molar-refractivity contribution in [1.29, 1.82) is 0 Å². The maximum Gasteiger partial charge on any atom is 0.272 e. The minimum Gasteiger partial charge on any atom is -0.355 e. The number of nitrogens with one attached hydrogen (secondary N) is 1. The predicted molar refractivity (Wildman–Crippen MR) is 108 cm³/mol. The van der Waals surface area contributed by atoms with Crippen molar-refractivity contribution in [3.8, 4) is 0 Å². The van der Waals surface area contributed by atoms with Gasteiger partial charge >= 0.3 is 0 Å². The molecule has 27 heavy (non-hydrogen) atoms. The molecule has 3 rings (SSSR count). The smallest absolute Gasteiger partial charge is 0.272 e. The van der Waals surface area contributed by atoms with E-state index in [9.17, 15) is 14.0 Å². The molecule has 0 spiro atoms. The standard InChI is InChI=1S/C19H20FN3O2S2/c1-2-3-9-21-16(24)12-27-19-22-15-8-10-26-17(15)18(25)23(19)11-13-4-6-14(20)7-5-13/h4-8,10H,2-3,9,11-12H2,1H3,(H,21,24). The van der Waals surface area contributed by atoms with E-state index in [1.807, 2.05) is 5.38 Å². The van der Waals surface area contributed by atoms with Gasteiger partial charge in [0.1, 0.15) is 10.5 Å². The van der Waals surface area contributed by atoms with Gasteiger partial charge in [-0.15, -0.1) is 11.3 Å². The third kappa shape index (κ3) is 4.95. The van der Waals surface area contributed by atoms with E-state index in [0.29, 0.717) is 21.9 Å². The zero-order chi connectivity index (χ0) is 19.2. The number of thiophene rings is 1. The number of nitrogens with zero attached hydrogens (tertiary/aromatic N) is 2. The minimum atomic E-state index is -0.323. The molecule has 2 heterocycles. The lowest BCUT2D eigenvalue weighted by Crippen LogP contribution is -2.27. The number of thioether (sulfide) groups is 1. The molecule has 0 aliphatic carbocycles. The van der Waals surface area contributed by atoms with E-state index in [4.69, 9.17) is 0 Å². The van der Waals surface area contributed by atoms with Crippen LogP contribution in [0.1, 0.15) is 25.3 Å². The van der Waals surface area contributed by atoms with Crippen molar-refractivity contribution < 1.29 is 9.18 Å². The average Bonchev–Trinajstić information content (AvgIpc) is 3.13. The second-order valence-electron chi connectivity index (χ2n) is 6.04. The van der Waals surface area contributed by atoms with E-state index in [0.717, 1.165) is 18.4 Å². The molecule has 0 unspecified atom stereocenters. The summed E-state index contributed by atoms with van der Waals surface area (Å²) >= 11 is 2.58. The first-order valence-electron chi connectivity index (χ1n) is 8.70. The van der Waals surface area contributed by atoms with Gasteiger partial charge in [0.25, 0.3) is 5.56 Å². The maximum absolute atomic E-state index is 13.2. The number of halogens is 1. The fourth-order valence-corrected chi connectivity index (χ4v) is 4.14. The number of rotatable bonds is 8. The molecule has 0 saturated carbocycles. The van der Waals surface area contributed by atoms with Crippen molar-refractivity contribution in [2.75, 3.05) is 12.3 Å². The molecule has 0 atom stereocenters. The average molecular weight is 406 g/mol. The van der Waals surface area contributed by atoms with Crippen molar-refractivity contribution in [3.63, 3.8) is 0 Å². The highest BCUT2D eigenvalue weighted by molar-refractivity contribution is 7.99. The summed E-state index contributed by atoms with van der Waals surface area (Å²) in [6.07, 6.45) is 1.95. The SMILES string of the molecule is CCCCNC(=O)CSc1nc2ccsc2c(=O)n1Cc1ccc(F)cc1. The van der Waals surface area contributed by atoms with Crippen LogP contribution in [0.25, 0.3) is 10.2 Å². The molecule has 0 aliphatic heterocycles. The van der Waals surface area contributed by atoms with Gasteiger partial charge in [-0.2, -0.15) is 0 Å². The number of carbonyl (C=O) groups is 1. The number of hydrogen-bond donors (Lipinski definition) is 1. The first-order chi connectivity index (χ1) is 13.1. The molecular formula is C19H20FN3O2S2. The molecule has 0 saturated heterocycles. The van der Waals surface area contributed by atoms with Crippen LogP contribution < -0.4 is 10.9 Å². The molecule has 2 aromatic heterocycles. The van der Waals surface area contributed by atoms with Gasteiger partial charge in [0.05, 0.1) is 17.8 Å². The van der Waals surface area contributed by atoms with Gasteiger partial charge in [-0.3, -0.25) is 14.2 Å². The normalized spacial score (nSPS) is 11.0. The predicted octanol–water partition coefficient (Wildman–Crippen LogP) is 3.65. The van der Waals surface area contributed by atoms with Gasteiger partial charge in [-0.25, -0.2) is 9.37 Å². The highest BCUT2D eigenvalue weighted by Gasteiger charge is 2.14. The summed E-state index contributed by atoms with van der Waals surface area (Å²) in [6.45, 7) is 2.99. The Labute approximate surface area is 164 Å². The number of hydrogen-bond acceptors (Lipinski definition) is 5. The van der Waals surface area contributed by atoms with Crippen LogP contribution in [0.5, 0.6) is 0 Å². The molecule has 8 heteroatoms. The molecule has 0 bridgehead atoms. The van der Waals surface area contributed by atoms with Crippen molar-refractivity contribution in [1.82, 2.24) is 14.9 Å². The summed E-state index contributed by atoms with van der Waals surface area (Å²) in [4.78, 5) is 29.5. The number of aromatic nitrogens is 2. The summed E-state index contributed by atoms with van der Waals surface area (Å²) in [5.74, 6) is -0.215. The van der Waals surface area contributed by atoms with Crippen LogP contribution in [0.3, 0.4) is 0 Å². The molecule has 5 nitrogen and oxygen atoms in total. The lowest BCUT2D eigenvalue weighted by atomic mass is 10.2. The number of carbonyl (C=O) groups excluding carboxylic acids is 1.